The highest BCUT2D eigenvalue weighted by molar-refractivity contribution is 5.67. The van der Waals surface area contributed by atoms with E-state index in [0.717, 1.165) is 5.56 Å². The quantitative estimate of drug-likeness (QED) is 0.768. The molecule has 5 heteroatoms. The number of H-pyrrole nitrogens is 1. The van der Waals surface area contributed by atoms with Gasteiger partial charge in [0.05, 0.1) is 17.8 Å². The number of hydrogen-bond donors (Lipinski definition) is 2. The SMILES string of the molecule is N#Cc1ccc(Oc2cn[nH]c2-c2cccc(O)c2)cc1. The number of hydrogen-bond acceptors (Lipinski definition) is 4. The van der Waals surface area contributed by atoms with Crippen molar-refractivity contribution < 1.29 is 9.84 Å². The molecule has 1 heterocycles. The number of phenolic OH excluding ortho intramolecular Hbond substituents is 1. The van der Waals surface area contributed by atoms with Gasteiger partial charge in [0.1, 0.15) is 17.2 Å². The molecule has 1 aromatic heterocycles. The first kappa shape index (κ1) is 12.8. The summed E-state index contributed by atoms with van der Waals surface area (Å²) in [5.41, 5.74) is 2.02. The summed E-state index contributed by atoms with van der Waals surface area (Å²) in [5, 5.41) is 25.1. The van der Waals surface area contributed by atoms with Crippen molar-refractivity contribution in [1.29, 1.82) is 5.26 Å². The molecule has 0 saturated heterocycles. The van der Waals surface area contributed by atoms with Crippen LogP contribution in [0.2, 0.25) is 0 Å². The molecule has 0 fully saturated rings. The maximum atomic E-state index is 9.54. The maximum Gasteiger partial charge on any atom is 0.172 e. The Morgan fingerprint density at radius 1 is 1.14 bits per heavy atom. The lowest BCUT2D eigenvalue weighted by Crippen LogP contribution is -1.86. The van der Waals surface area contributed by atoms with E-state index in [1.165, 1.54) is 0 Å². The number of nitrogens with zero attached hydrogens (tertiary/aromatic N) is 2. The lowest BCUT2D eigenvalue weighted by molar-refractivity contribution is 0.475. The molecule has 0 aliphatic carbocycles. The number of nitriles is 1. The van der Waals surface area contributed by atoms with E-state index in [-0.39, 0.29) is 5.75 Å². The molecular weight excluding hydrogens is 266 g/mol. The standard InChI is InChI=1S/C16H11N3O2/c17-9-11-4-6-14(7-5-11)21-15-10-18-19-16(15)12-2-1-3-13(20)8-12/h1-8,10,20H,(H,18,19). The largest absolute Gasteiger partial charge is 0.508 e. The van der Waals surface area contributed by atoms with Crippen LogP contribution in [-0.4, -0.2) is 15.3 Å². The van der Waals surface area contributed by atoms with E-state index < -0.39 is 0 Å². The van der Waals surface area contributed by atoms with Gasteiger partial charge in [-0.1, -0.05) is 12.1 Å². The second kappa shape index (κ2) is 5.39. The Labute approximate surface area is 121 Å². The number of aromatic hydroxyl groups is 1. The van der Waals surface area contributed by atoms with Crippen molar-refractivity contribution in [3.63, 3.8) is 0 Å². The van der Waals surface area contributed by atoms with Crippen molar-refractivity contribution in [2.24, 2.45) is 0 Å². The van der Waals surface area contributed by atoms with Gasteiger partial charge in [0.25, 0.3) is 0 Å². The van der Waals surface area contributed by atoms with Crippen molar-refractivity contribution in [3.05, 3.63) is 60.3 Å². The summed E-state index contributed by atoms with van der Waals surface area (Å²) in [6, 6.07) is 15.7. The number of ether oxygens (including phenoxy) is 1. The van der Waals surface area contributed by atoms with Crippen molar-refractivity contribution in [1.82, 2.24) is 10.2 Å². The molecule has 0 radical (unpaired) electrons. The number of phenols is 1. The van der Waals surface area contributed by atoms with Gasteiger partial charge in [0, 0.05) is 5.56 Å². The van der Waals surface area contributed by atoms with Crippen molar-refractivity contribution in [2.75, 3.05) is 0 Å². The van der Waals surface area contributed by atoms with Gasteiger partial charge in [-0.05, 0) is 36.4 Å². The summed E-state index contributed by atoms with van der Waals surface area (Å²) in [6.45, 7) is 0. The van der Waals surface area contributed by atoms with Crippen LogP contribution >= 0.6 is 0 Å². The van der Waals surface area contributed by atoms with Crippen LogP contribution in [0.1, 0.15) is 5.56 Å². The minimum Gasteiger partial charge on any atom is -0.508 e. The van der Waals surface area contributed by atoms with Crippen LogP contribution in [-0.2, 0) is 0 Å². The van der Waals surface area contributed by atoms with Crippen LogP contribution in [0.25, 0.3) is 11.3 Å². The highest BCUT2D eigenvalue weighted by Crippen LogP contribution is 2.32. The van der Waals surface area contributed by atoms with Gasteiger partial charge >= 0.3 is 0 Å². The van der Waals surface area contributed by atoms with E-state index in [4.69, 9.17) is 10.00 Å². The zero-order valence-corrected chi connectivity index (χ0v) is 10.9. The zero-order valence-electron chi connectivity index (χ0n) is 10.9. The highest BCUT2D eigenvalue weighted by atomic mass is 16.5. The minimum absolute atomic E-state index is 0.173. The second-order valence-corrected chi connectivity index (χ2v) is 4.40. The smallest absolute Gasteiger partial charge is 0.172 e. The lowest BCUT2D eigenvalue weighted by Gasteiger charge is -2.06. The maximum absolute atomic E-state index is 9.54. The molecule has 0 aliphatic rings. The predicted molar refractivity (Wildman–Crippen MR) is 76.9 cm³/mol. The minimum atomic E-state index is 0.173. The van der Waals surface area contributed by atoms with E-state index in [2.05, 4.69) is 16.3 Å². The molecule has 0 amide bonds. The van der Waals surface area contributed by atoms with Crippen LogP contribution in [0.5, 0.6) is 17.2 Å². The summed E-state index contributed by atoms with van der Waals surface area (Å²) < 4.78 is 5.76. The van der Waals surface area contributed by atoms with Crippen LogP contribution in [0, 0.1) is 11.3 Å². The molecule has 0 bridgehead atoms. The molecule has 5 nitrogen and oxygen atoms in total. The molecule has 0 saturated carbocycles. The first-order valence-electron chi connectivity index (χ1n) is 6.27. The Morgan fingerprint density at radius 3 is 2.67 bits per heavy atom. The fourth-order valence-electron chi connectivity index (χ4n) is 1.95. The van der Waals surface area contributed by atoms with Gasteiger partial charge < -0.3 is 9.84 Å². The molecule has 3 aromatic rings. The van der Waals surface area contributed by atoms with Crippen molar-refractivity contribution >= 4 is 0 Å². The summed E-state index contributed by atoms with van der Waals surface area (Å²) >= 11 is 0. The van der Waals surface area contributed by atoms with Gasteiger partial charge in [-0.3, -0.25) is 5.10 Å². The molecule has 3 rings (SSSR count). The van der Waals surface area contributed by atoms with Crippen LogP contribution in [0.3, 0.4) is 0 Å². The number of aromatic nitrogens is 2. The summed E-state index contributed by atoms with van der Waals surface area (Å²) in [4.78, 5) is 0. The average molecular weight is 277 g/mol. The fraction of sp³-hybridized carbons (Fsp3) is 0. The molecule has 0 atom stereocenters. The van der Waals surface area contributed by atoms with Gasteiger partial charge in [-0.2, -0.15) is 10.4 Å². The van der Waals surface area contributed by atoms with E-state index >= 15 is 0 Å². The highest BCUT2D eigenvalue weighted by Gasteiger charge is 2.10. The normalized spacial score (nSPS) is 10.0. The zero-order chi connectivity index (χ0) is 14.7. The molecule has 2 N–H and O–H groups in total. The summed E-state index contributed by atoms with van der Waals surface area (Å²) in [7, 11) is 0. The van der Waals surface area contributed by atoms with E-state index in [9.17, 15) is 5.11 Å². The molecular formula is C16H11N3O2. The van der Waals surface area contributed by atoms with Crippen LogP contribution in [0.15, 0.2) is 54.7 Å². The number of nitrogens with one attached hydrogen (secondary N) is 1. The lowest BCUT2D eigenvalue weighted by atomic mass is 10.1. The van der Waals surface area contributed by atoms with Crippen molar-refractivity contribution in [3.8, 4) is 34.6 Å². The Balaban J connectivity index is 1.90. The first-order chi connectivity index (χ1) is 10.3. The molecule has 102 valence electrons. The predicted octanol–water partition coefficient (Wildman–Crippen LogP) is 3.45. The topological polar surface area (TPSA) is 81.9 Å². The monoisotopic (exact) mass is 277 g/mol. The first-order valence-corrected chi connectivity index (χ1v) is 6.27. The van der Waals surface area contributed by atoms with Crippen LogP contribution in [0.4, 0.5) is 0 Å². The van der Waals surface area contributed by atoms with E-state index in [0.29, 0.717) is 22.8 Å². The van der Waals surface area contributed by atoms with Crippen LogP contribution < -0.4 is 4.74 Å². The van der Waals surface area contributed by atoms with Gasteiger partial charge in [0.15, 0.2) is 5.75 Å². The summed E-state index contributed by atoms with van der Waals surface area (Å²) in [6.07, 6.45) is 1.57. The molecule has 2 aromatic carbocycles. The van der Waals surface area contributed by atoms with E-state index in [1.807, 2.05) is 6.07 Å². The Morgan fingerprint density at radius 2 is 1.95 bits per heavy atom. The van der Waals surface area contributed by atoms with E-state index in [1.54, 1.807) is 48.7 Å². The van der Waals surface area contributed by atoms with Gasteiger partial charge in [-0.25, -0.2) is 0 Å². The van der Waals surface area contributed by atoms with Crippen molar-refractivity contribution in [2.45, 2.75) is 0 Å². The summed E-state index contributed by atoms with van der Waals surface area (Å²) in [5.74, 6) is 1.33. The number of benzene rings is 2. The molecule has 21 heavy (non-hydrogen) atoms. The van der Waals surface area contributed by atoms with Gasteiger partial charge in [-0.15, -0.1) is 0 Å². The Kier molecular flexibility index (Phi) is 3.27. The third-order valence-electron chi connectivity index (χ3n) is 2.95. The molecule has 0 spiro atoms. The Hall–Kier alpha value is -3.26. The second-order valence-electron chi connectivity index (χ2n) is 4.40. The third kappa shape index (κ3) is 2.69. The fourth-order valence-corrected chi connectivity index (χ4v) is 1.95. The molecule has 0 unspecified atom stereocenters. The number of aromatic amines is 1. The number of rotatable bonds is 3. The Bertz CT molecular complexity index is 801. The third-order valence-corrected chi connectivity index (χ3v) is 2.95. The average Bonchev–Trinajstić information content (AvgIpc) is 2.96. The molecule has 0 aliphatic heterocycles. The van der Waals surface area contributed by atoms with Gasteiger partial charge in [0.2, 0.25) is 0 Å².